The summed E-state index contributed by atoms with van der Waals surface area (Å²) in [6.07, 6.45) is 0. The lowest BCUT2D eigenvalue weighted by Gasteiger charge is -2.10. The molecule has 5 nitrogen and oxygen atoms in total. The summed E-state index contributed by atoms with van der Waals surface area (Å²) in [6.45, 7) is 11.6. The van der Waals surface area contributed by atoms with Gasteiger partial charge in [-0.1, -0.05) is 4.86 Å². The van der Waals surface area contributed by atoms with Crippen LogP contribution in [0.25, 0.3) is 0 Å². The van der Waals surface area contributed by atoms with E-state index in [9.17, 15) is 5.21 Å². The second-order valence-corrected chi connectivity index (χ2v) is 6.43. The number of hydrogen-bond donors (Lipinski definition) is 0. The molecule has 0 fully saturated rings. The number of nitrogens with zero attached hydrogens (tertiary/aromatic N) is 4. The normalized spacial score (nSPS) is 14.1. The van der Waals surface area contributed by atoms with E-state index in [0.29, 0.717) is 10.5 Å². The van der Waals surface area contributed by atoms with Crippen LogP contribution in [0.4, 0.5) is 11.4 Å². The maximum atomic E-state index is 11.8. The zero-order valence-electron chi connectivity index (χ0n) is 12.5. The fourth-order valence-electron chi connectivity index (χ4n) is 1.18. The molecule has 0 spiro atoms. The first kappa shape index (κ1) is 15.3. The summed E-state index contributed by atoms with van der Waals surface area (Å²) >= 11 is 0. The molecule has 0 bridgehead atoms. The minimum absolute atomic E-state index is 0.204. The van der Waals surface area contributed by atoms with Crippen molar-refractivity contribution in [2.24, 2.45) is 15.3 Å². The standard InChI is InChI=1S/C14H22N4O/c1-13(2,3)16-15-11-7-9-12(10-8-11)18(19)17-14(4,5)6/h7-10H,1-6H3. The number of hydrogen-bond acceptors (Lipinski definition) is 4. The fraction of sp³-hybridized carbons (Fsp3) is 0.571. The van der Waals surface area contributed by atoms with Crippen molar-refractivity contribution in [3.8, 4) is 0 Å². The van der Waals surface area contributed by atoms with Gasteiger partial charge in [-0.15, -0.1) is 0 Å². The Bertz CT molecular complexity index is 476. The molecule has 0 aliphatic heterocycles. The number of benzene rings is 1. The van der Waals surface area contributed by atoms with Crippen LogP contribution in [0, 0.1) is 5.21 Å². The highest BCUT2D eigenvalue weighted by molar-refractivity contribution is 5.43. The monoisotopic (exact) mass is 262 g/mol. The van der Waals surface area contributed by atoms with E-state index in [0.717, 1.165) is 5.69 Å². The SMILES string of the molecule is CC(C)(C)N=Nc1ccc([N+]([O-])=NC(C)(C)C)cc1. The Morgan fingerprint density at radius 1 is 0.895 bits per heavy atom. The summed E-state index contributed by atoms with van der Waals surface area (Å²) in [5, 5.41) is 24.1. The highest BCUT2D eigenvalue weighted by atomic mass is 16.5. The molecule has 0 amide bonds. The average molecular weight is 262 g/mol. The summed E-state index contributed by atoms with van der Waals surface area (Å²) in [6, 6.07) is 6.90. The van der Waals surface area contributed by atoms with Gasteiger partial charge in [0.15, 0.2) is 0 Å². The first-order valence-corrected chi connectivity index (χ1v) is 6.30. The van der Waals surface area contributed by atoms with E-state index in [-0.39, 0.29) is 5.54 Å². The molecule has 0 radical (unpaired) electrons. The molecule has 1 rings (SSSR count). The zero-order valence-corrected chi connectivity index (χ0v) is 12.5. The van der Waals surface area contributed by atoms with Crippen LogP contribution in [0.2, 0.25) is 0 Å². The molecule has 0 aliphatic rings. The number of rotatable bonds is 2. The first-order valence-electron chi connectivity index (χ1n) is 6.30. The van der Waals surface area contributed by atoms with Gasteiger partial charge in [-0.2, -0.15) is 10.2 Å². The van der Waals surface area contributed by atoms with Gasteiger partial charge >= 0.3 is 0 Å². The van der Waals surface area contributed by atoms with E-state index in [1.165, 1.54) is 0 Å². The lowest BCUT2D eigenvalue weighted by atomic mass is 10.1. The van der Waals surface area contributed by atoms with Crippen molar-refractivity contribution in [2.45, 2.75) is 52.6 Å². The Hall–Kier alpha value is -1.78. The quantitative estimate of drug-likeness (QED) is 0.422. The summed E-state index contributed by atoms with van der Waals surface area (Å²) in [5.41, 5.74) is 0.615. The summed E-state index contributed by atoms with van der Waals surface area (Å²) in [4.78, 5) is 0.644. The van der Waals surface area contributed by atoms with E-state index in [2.05, 4.69) is 15.3 Å². The van der Waals surface area contributed by atoms with E-state index in [1.807, 2.05) is 41.5 Å². The molecule has 0 aliphatic carbocycles. The van der Waals surface area contributed by atoms with Crippen molar-refractivity contribution in [1.29, 1.82) is 0 Å². The minimum atomic E-state index is -0.396. The van der Waals surface area contributed by atoms with Gasteiger partial charge in [0.1, 0.15) is 5.54 Å². The highest BCUT2D eigenvalue weighted by Crippen LogP contribution is 2.21. The van der Waals surface area contributed by atoms with E-state index in [4.69, 9.17) is 0 Å². The largest absolute Gasteiger partial charge is 0.594 e. The van der Waals surface area contributed by atoms with Gasteiger partial charge in [0, 0.05) is 12.1 Å². The second-order valence-electron chi connectivity index (χ2n) is 6.43. The van der Waals surface area contributed by atoms with Crippen molar-refractivity contribution in [2.75, 3.05) is 0 Å². The van der Waals surface area contributed by atoms with Crippen LogP contribution < -0.4 is 0 Å². The molecule has 5 heteroatoms. The van der Waals surface area contributed by atoms with Crippen LogP contribution in [0.5, 0.6) is 0 Å². The van der Waals surface area contributed by atoms with Gasteiger partial charge in [0.25, 0.3) is 0 Å². The number of azo groups is 2. The van der Waals surface area contributed by atoms with E-state index in [1.54, 1.807) is 24.3 Å². The molecule has 1 aromatic carbocycles. The van der Waals surface area contributed by atoms with E-state index < -0.39 is 5.54 Å². The maximum absolute atomic E-state index is 11.8. The van der Waals surface area contributed by atoms with Gasteiger partial charge in [0.05, 0.1) is 11.2 Å². The molecule has 0 saturated carbocycles. The van der Waals surface area contributed by atoms with Gasteiger partial charge < -0.3 is 5.21 Å². The molecule has 0 saturated heterocycles. The highest BCUT2D eigenvalue weighted by Gasteiger charge is 2.14. The molecule has 0 aromatic heterocycles. The third-order valence-corrected chi connectivity index (χ3v) is 1.93. The molecular formula is C14H22N4O. The fourth-order valence-corrected chi connectivity index (χ4v) is 1.18. The van der Waals surface area contributed by atoms with Crippen LogP contribution in [0.3, 0.4) is 0 Å². The van der Waals surface area contributed by atoms with Crippen LogP contribution in [-0.4, -0.2) is 15.9 Å². The summed E-state index contributed by atoms with van der Waals surface area (Å²) in [7, 11) is 0. The van der Waals surface area contributed by atoms with Crippen LogP contribution >= 0.6 is 0 Å². The molecule has 1 aromatic rings. The topological polar surface area (TPSA) is 63.1 Å². The molecule has 19 heavy (non-hydrogen) atoms. The molecule has 104 valence electrons. The van der Waals surface area contributed by atoms with Gasteiger partial charge in [-0.05, 0) is 58.8 Å². The molecular weight excluding hydrogens is 240 g/mol. The predicted molar refractivity (Wildman–Crippen MR) is 76.2 cm³/mol. The van der Waals surface area contributed by atoms with Crippen molar-refractivity contribution in [1.82, 2.24) is 0 Å². The smallest absolute Gasteiger partial charge is 0.244 e. The van der Waals surface area contributed by atoms with Crippen LogP contribution in [0.1, 0.15) is 41.5 Å². The van der Waals surface area contributed by atoms with Crippen molar-refractivity contribution in [3.63, 3.8) is 0 Å². The third-order valence-electron chi connectivity index (χ3n) is 1.93. The van der Waals surface area contributed by atoms with E-state index >= 15 is 0 Å². The predicted octanol–water partition coefficient (Wildman–Crippen LogP) is 4.96. The Balaban J connectivity index is 2.89. The second kappa shape index (κ2) is 5.47. The zero-order chi connectivity index (χ0) is 14.7. The average Bonchev–Trinajstić information content (AvgIpc) is 2.23. The van der Waals surface area contributed by atoms with Gasteiger partial charge in [-0.25, -0.2) is 0 Å². The maximum Gasteiger partial charge on any atom is 0.244 e. The Morgan fingerprint density at radius 2 is 1.42 bits per heavy atom. The minimum Gasteiger partial charge on any atom is -0.594 e. The Labute approximate surface area is 114 Å². The van der Waals surface area contributed by atoms with Crippen molar-refractivity contribution >= 4 is 11.4 Å². The third kappa shape index (κ3) is 6.08. The van der Waals surface area contributed by atoms with Crippen molar-refractivity contribution in [3.05, 3.63) is 29.5 Å². The summed E-state index contributed by atoms with van der Waals surface area (Å²) in [5.74, 6) is 0. The lowest BCUT2D eigenvalue weighted by molar-refractivity contribution is -0.449. The Morgan fingerprint density at radius 3 is 1.84 bits per heavy atom. The summed E-state index contributed by atoms with van der Waals surface area (Å²) < 4.78 is 0. The molecule has 0 unspecified atom stereocenters. The van der Waals surface area contributed by atoms with Crippen LogP contribution in [0.15, 0.2) is 39.6 Å². The molecule has 0 atom stereocenters. The van der Waals surface area contributed by atoms with Gasteiger partial charge in [-0.3, -0.25) is 0 Å². The van der Waals surface area contributed by atoms with Gasteiger partial charge in [0.2, 0.25) is 5.69 Å². The molecule has 0 heterocycles. The van der Waals surface area contributed by atoms with Crippen molar-refractivity contribution < 1.29 is 4.86 Å². The Kier molecular flexibility index (Phi) is 4.39. The molecule has 0 N–H and O–H groups in total. The van der Waals surface area contributed by atoms with Crippen LogP contribution in [-0.2, 0) is 0 Å². The lowest BCUT2D eigenvalue weighted by Crippen LogP contribution is -2.12. The first-order chi connectivity index (χ1) is 8.57.